The predicted molar refractivity (Wildman–Crippen MR) is 113 cm³/mol. The minimum absolute atomic E-state index is 0.124. The fourth-order valence-corrected chi connectivity index (χ4v) is 4.21. The van der Waals surface area contributed by atoms with Gasteiger partial charge in [-0.1, -0.05) is 55.3 Å². The summed E-state index contributed by atoms with van der Waals surface area (Å²) in [6, 6.07) is 17.0. The van der Waals surface area contributed by atoms with Crippen molar-refractivity contribution in [1.29, 1.82) is 0 Å². The zero-order valence-electron chi connectivity index (χ0n) is 16.3. The number of aromatic amines is 1. The number of H-pyrrole nitrogens is 1. The molecule has 0 radical (unpaired) electrons. The van der Waals surface area contributed by atoms with Crippen LogP contribution in [-0.2, 0) is 17.8 Å². The van der Waals surface area contributed by atoms with E-state index in [-0.39, 0.29) is 29.6 Å². The zero-order valence-corrected chi connectivity index (χ0v) is 16.3. The smallest absolute Gasteiger partial charge is 0.273 e. The van der Waals surface area contributed by atoms with Crippen LogP contribution in [0.4, 0.5) is 0 Å². The maximum absolute atomic E-state index is 13.2. The number of fused-ring (bicyclic) bond motifs is 1. The highest BCUT2D eigenvalue weighted by Crippen LogP contribution is 2.24. The maximum atomic E-state index is 13.2. The van der Waals surface area contributed by atoms with E-state index in [0.29, 0.717) is 17.3 Å². The number of rotatable bonds is 6. The Labute approximate surface area is 168 Å². The molecule has 4 rings (SSSR count). The van der Waals surface area contributed by atoms with Gasteiger partial charge in [0.2, 0.25) is 5.91 Å². The van der Waals surface area contributed by atoms with Crippen molar-refractivity contribution in [3.8, 4) is 0 Å². The van der Waals surface area contributed by atoms with Crippen molar-refractivity contribution in [2.75, 3.05) is 6.54 Å². The molecule has 1 aliphatic rings. The number of carbonyl (C=O) groups is 1. The van der Waals surface area contributed by atoms with E-state index in [1.54, 1.807) is 24.3 Å². The number of aromatic nitrogens is 2. The van der Waals surface area contributed by atoms with E-state index in [9.17, 15) is 14.4 Å². The minimum atomic E-state index is -0.357. The van der Waals surface area contributed by atoms with Gasteiger partial charge in [0.1, 0.15) is 6.54 Å². The topological polar surface area (TPSA) is 75.2 Å². The van der Waals surface area contributed by atoms with Crippen LogP contribution < -0.4 is 11.1 Å². The van der Waals surface area contributed by atoms with Gasteiger partial charge in [-0.05, 0) is 37.0 Å². The summed E-state index contributed by atoms with van der Waals surface area (Å²) in [4.78, 5) is 40.2. The van der Waals surface area contributed by atoms with Crippen LogP contribution in [0.15, 0.2) is 64.2 Å². The van der Waals surface area contributed by atoms with Crippen molar-refractivity contribution in [3.63, 3.8) is 0 Å². The van der Waals surface area contributed by atoms with E-state index in [4.69, 9.17) is 0 Å². The lowest BCUT2D eigenvalue weighted by atomic mass is 10.1. The molecule has 1 heterocycles. The van der Waals surface area contributed by atoms with Crippen LogP contribution in [-0.4, -0.2) is 33.2 Å². The summed E-state index contributed by atoms with van der Waals surface area (Å²) in [5.74, 6) is -0.124. The molecular formula is C23H25N3O3. The van der Waals surface area contributed by atoms with Crippen molar-refractivity contribution in [2.24, 2.45) is 0 Å². The molecule has 29 heavy (non-hydrogen) atoms. The average molecular weight is 391 g/mol. The maximum Gasteiger partial charge on any atom is 0.273 e. The molecule has 1 amide bonds. The zero-order chi connectivity index (χ0) is 20.2. The quantitative estimate of drug-likeness (QED) is 0.702. The number of hydrogen-bond acceptors (Lipinski definition) is 3. The number of carbonyl (C=O) groups excluding carboxylic acids is 1. The molecule has 0 bridgehead atoms. The Bertz CT molecular complexity index is 1110. The number of amides is 1. The molecule has 0 aliphatic heterocycles. The van der Waals surface area contributed by atoms with E-state index < -0.39 is 0 Å². The molecule has 1 N–H and O–H groups in total. The molecule has 1 fully saturated rings. The van der Waals surface area contributed by atoms with Crippen molar-refractivity contribution in [1.82, 2.24) is 14.7 Å². The standard InChI is InChI=1S/C23H25N3O3/c27-21(16-26-23(29)20-13-7-6-12-19(20)22(28)24-26)25(18-10-4-5-11-18)15-14-17-8-2-1-3-9-17/h1-3,6-9,12-13,18H,4-5,10-11,14-16H2,(H,24,28). The fourth-order valence-electron chi connectivity index (χ4n) is 4.21. The summed E-state index contributed by atoms with van der Waals surface area (Å²) in [5.41, 5.74) is 0.479. The monoisotopic (exact) mass is 391 g/mol. The summed E-state index contributed by atoms with van der Waals surface area (Å²) in [7, 11) is 0. The summed E-state index contributed by atoms with van der Waals surface area (Å²) >= 11 is 0. The van der Waals surface area contributed by atoms with Crippen LogP contribution in [0.25, 0.3) is 10.8 Å². The molecule has 6 nitrogen and oxygen atoms in total. The lowest BCUT2D eigenvalue weighted by Gasteiger charge is -2.29. The number of benzene rings is 2. The van der Waals surface area contributed by atoms with Crippen molar-refractivity contribution in [2.45, 2.75) is 44.7 Å². The second-order valence-electron chi connectivity index (χ2n) is 7.64. The Morgan fingerprint density at radius 3 is 2.34 bits per heavy atom. The Kier molecular flexibility index (Phi) is 5.60. The minimum Gasteiger partial charge on any atom is -0.338 e. The Balaban J connectivity index is 1.58. The molecule has 3 aromatic rings. The first kappa shape index (κ1) is 19.2. The van der Waals surface area contributed by atoms with Crippen LogP contribution in [0.3, 0.4) is 0 Å². The molecule has 150 valence electrons. The van der Waals surface area contributed by atoms with Gasteiger partial charge in [0, 0.05) is 12.6 Å². The Morgan fingerprint density at radius 1 is 0.966 bits per heavy atom. The molecular weight excluding hydrogens is 366 g/mol. The molecule has 1 saturated carbocycles. The SMILES string of the molecule is O=C(Cn1[nH]c(=O)c2ccccc2c1=O)N(CCc1ccccc1)C1CCCC1. The predicted octanol–water partition coefficient (Wildman–Crippen LogP) is 2.70. The van der Waals surface area contributed by atoms with E-state index >= 15 is 0 Å². The molecule has 0 spiro atoms. The molecule has 6 heteroatoms. The highest BCUT2D eigenvalue weighted by Gasteiger charge is 2.27. The Morgan fingerprint density at radius 2 is 1.62 bits per heavy atom. The highest BCUT2D eigenvalue weighted by atomic mass is 16.2. The summed E-state index contributed by atoms with van der Waals surface area (Å²) < 4.78 is 1.15. The Hall–Kier alpha value is -3.15. The highest BCUT2D eigenvalue weighted by molar-refractivity contribution is 5.81. The second-order valence-corrected chi connectivity index (χ2v) is 7.64. The molecule has 0 atom stereocenters. The van der Waals surface area contributed by atoms with E-state index in [0.717, 1.165) is 36.8 Å². The van der Waals surface area contributed by atoms with Gasteiger partial charge in [-0.25, -0.2) is 4.68 Å². The molecule has 1 aromatic heterocycles. The van der Waals surface area contributed by atoms with Crippen molar-refractivity contribution in [3.05, 3.63) is 80.9 Å². The first-order valence-corrected chi connectivity index (χ1v) is 10.2. The van der Waals surface area contributed by atoms with Crippen molar-refractivity contribution >= 4 is 16.7 Å². The van der Waals surface area contributed by atoms with Gasteiger partial charge in [-0.2, -0.15) is 0 Å². The van der Waals surface area contributed by atoms with Crippen LogP contribution in [0.2, 0.25) is 0 Å². The van der Waals surface area contributed by atoms with Crippen molar-refractivity contribution < 1.29 is 4.79 Å². The number of nitrogens with zero attached hydrogens (tertiary/aromatic N) is 2. The van der Waals surface area contributed by atoms with Gasteiger partial charge in [-0.3, -0.25) is 19.5 Å². The van der Waals surface area contributed by atoms with Gasteiger partial charge >= 0.3 is 0 Å². The van der Waals surface area contributed by atoms with Crippen LogP contribution >= 0.6 is 0 Å². The first-order chi connectivity index (χ1) is 14.1. The third kappa shape index (κ3) is 4.16. The first-order valence-electron chi connectivity index (χ1n) is 10.2. The third-order valence-corrected chi connectivity index (χ3v) is 5.75. The van der Waals surface area contributed by atoms with E-state index in [2.05, 4.69) is 17.2 Å². The second kappa shape index (κ2) is 8.47. The molecule has 0 saturated heterocycles. The summed E-state index contributed by atoms with van der Waals surface area (Å²) in [5, 5.41) is 3.25. The van der Waals surface area contributed by atoms with Gasteiger partial charge in [-0.15, -0.1) is 0 Å². The summed E-state index contributed by atoms with van der Waals surface area (Å²) in [6.07, 6.45) is 4.98. The van der Waals surface area contributed by atoms with Gasteiger partial charge in [0.25, 0.3) is 11.1 Å². The lowest BCUT2D eigenvalue weighted by molar-refractivity contribution is -0.134. The van der Waals surface area contributed by atoms with Gasteiger partial charge < -0.3 is 4.90 Å². The summed E-state index contributed by atoms with van der Waals surface area (Å²) in [6.45, 7) is 0.463. The van der Waals surface area contributed by atoms with E-state index in [1.165, 1.54) is 5.56 Å². The molecule has 1 aliphatic carbocycles. The van der Waals surface area contributed by atoms with Crippen LogP contribution in [0, 0.1) is 0 Å². The van der Waals surface area contributed by atoms with Crippen LogP contribution in [0.1, 0.15) is 31.2 Å². The van der Waals surface area contributed by atoms with Crippen LogP contribution in [0.5, 0.6) is 0 Å². The fraction of sp³-hybridized carbons (Fsp3) is 0.348. The lowest BCUT2D eigenvalue weighted by Crippen LogP contribution is -2.44. The number of nitrogens with one attached hydrogen (secondary N) is 1. The third-order valence-electron chi connectivity index (χ3n) is 5.75. The van der Waals surface area contributed by atoms with Gasteiger partial charge in [0.05, 0.1) is 10.8 Å². The van der Waals surface area contributed by atoms with E-state index in [1.807, 2.05) is 23.1 Å². The van der Waals surface area contributed by atoms with Gasteiger partial charge in [0.15, 0.2) is 0 Å². The average Bonchev–Trinajstić information content (AvgIpc) is 3.27. The molecule has 0 unspecified atom stereocenters. The molecule has 2 aromatic carbocycles. The number of hydrogen-bond donors (Lipinski definition) is 1. The normalized spacial score (nSPS) is 14.3. The largest absolute Gasteiger partial charge is 0.338 e.